The zero-order chi connectivity index (χ0) is 9.68. The van der Waals surface area contributed by atoms with Crippen LogP contribution in [0.5, 0.6) is 0 Å². The van der Waals surface area contributed by atoms with Crippen LogP contribution < -0.4 is 5.32 Å². The molecule has 3 nitrogen and oxygen atoms in total. The molecule has 0 aromatic rings. The summed E-state index contributed by atoms with van der Waals surface area (Å²) in [6.45, 7) is 7.85. The van der Waals surface area contributed by atoms with E-state index in [4.69, 9.17) is 5.26 Å². The quantitative estimate of drug-likeness (QED) is 0.636. The Labute approximate surface area is 80.0 Å². The molecular formula is C10H17N3. The van der Waals surface area contributed by atoms with Crippen molar-refractivity contribution < 1.29 is 0 Å². The first-order valence-corrected chi connectivity index (χ1v) is 4.72. The second-order valence-electron chi connectivity index (χ2n) is 3.63. The number of nitriles is 1. The molecule has 1 fully saturated rings. The molecule has 0 radical (unpaired) electrons. The average molecular weight is 179 g/mol. The maximum Gasteiger partial charge on any atom is 0.111 e. The summed E-state index contributed by atoms with van der Waals surface area (Å²) in [4.78, 5) is 2.21. The van der Waals surface area contributed by atoms with E-state index in [9.17, 15) is 0 Å². The fraction of sp³-hybridized carbons (Fsp3) is 0.700. The molecular weight excluding hydrogens is 162 g/mol. The zero-order valence-electron chi connectivity index (χ0n) is 8.38. The summed E-state index contributed by atoms with van der Waals surface area (Å²) < 4.78 is 0. The van der Waals surface area contributed by atoms with Crippen LogP contribution in [0.3, 0.4) is 0 Å². The molecule has 0 spiro atoms. The SMILES string of the molecule is CC(C)=CCN1CCNCC1C#N. The van der Waals surface area contributed by atoms with Crippen molar-refractivity contribution in [3.05, 3.63) is 11.6 Å². The molecule has 1 rings (SSSR count). The predicted octanol–water partition coefficient (Wildman–Crippen LogP) is 0.750. The molecule has 1 N–H and O–H groups in total. The average Bonchev–Trinajstić information content (AvgIpc) is 2.15. The van der Waals surface area contributed by atoms with E-state index in [1.54, 1.807) is 0 Å². The standard InChI is InChI=1S/C10H17N3/c1-9(2)3-5-13-6-4-12-8-10(13)7-11/h3,10,12H,4-6,8H2,1-2H3. The topological polar surface area (TPSA) is 39.1 Å². The molecule has 3 heteroatoms. The fourth-order valence-corrected chi connectivity index (χ4v) is 1.39. The van der Waals surface area contributed by atoms with E-state index < -0.39 is 0 Å². The molecule has 0 saturated carbocycles. The van der Waals surface area contributed by atoms with Crippen LogP contribution in [0, 0.1) is 11.3 Å². The lowest BCUT2D eigenvalue weighted by molar-refractivity contribution is 0.217. The van der Waals surface area contributed by atoms with Gasteiger partial charge in [-0.2, -0.15) is 5.26 Å². The number of rotatable bonds is 2. The molecule has 0 aromatic carbocycles. The highest BCUT2D eigenvalue weighted by Crippen LogP contribution is 2.02. The molecule has 1 aliphatic rings. The van der Waals surface area contributed by atoms with Crippen LogP contribution in [-0.2, 0) is 0 Å². The van der Waals surface area contributed by atoms with E-state index in [0.29, 0.717) is 0 Å². The lowest BCUT2D eigenvalue weighted by Crippen LogP contribution is -2.50. The third-order valence-corrected chi connectivity index (χ3v) is 2.24. The van der Waals surface area contributed by atoms with Crippen LogP contribution in [-0.4, -0.2) is 37.1 Å². The summed E-state index contributed by atoms with van der Waals surface area (Å²) >= 11 is 0. The Morgan fingerprint density at radius 3 is 3.08 bits per heavy atom. The first-order valence-electron chi connectivity index (χ1n) is 4.72. The van der Waals surface area contributed by atoms with Crippen LogP contribution in [0.15, 0.2) is 11.6 Å². The molecule has 1 aliphatic heterocycles. The minimum Gasteiger partial charge on any atom is -0.313 e. The summed E-state index contributed by atoms with van der Waals surface area (Å²) in [5.74, 6) is 0. The first kappa shape index (κ1) is 10.2. The van der Waals surface area contributed by atoms with Gasteiger partial charge in [0, 0.05) is 26.2 Å². The van der Waals surface area contributed by atoms with E-state index in [1.165, 1.54) is 5.57 Å². The van der Waals surface area contributed by atoms with Gasteiger partial charge >= 0.3 is 0 Å². The van der Waals surface area contributed by atoms with Gasteiger partial charge < -0.3 is 5.32 Å². The Bertz CT molecular complexity index is 223. The lowest BCUT2D eigenvalue weighted by Gasteiger charge is -2.30. The number of nitrogens with one attached hydrogen (secondary N) is 1. The van der Waals surface area contributed by atoms with Gasteiger partial charge in [-0.1, -0.05) is 11.6 Å². The van der Waals surface area contributed by atoms with Crippen molar-refractivity contribution in [2.24, 2.45) is 0 Å². The Morgan fingerprint density at radius 1 is 1.69 bits per heavy atom. The van der Waals surface area contributed by atoms with Gasteiger partial charge in [0.15, 0.2) is 0 Å². The molecule has 1 atom stereocenters. The molecule has 1 saturated heterocycles. The Hall–Kier alpha value is -0.850. The molecule has 72 valence electrons. The van der Waals surface area contributed by atoms with Crippen LogP contribution >= 0.6 is 0 Å². The first-order chi connectivity index (χ1) is 6.24. The van der Waals surface area contributed by atoms with Crippen LogP contribution in [0.4, 0.5) is 0 Å². The Kier molecular flexibility index (Phi) is 3.94. The number of hydrogen-bond donors (Lipinski definition) is 1. The molecule has 1 unspecified atom stereocenters. The monoisotopic (exact) mass is 179 g/mol. The largest absolute Gasteiger partial charge is 0.313 e. The molecule has 0 aromatic heterocycles. The summed E-state index contributed by atoms with van der Waals surface area (Å²) in [6.07, 6.45) is 2.18. The summed E-state index contributed by atoms with van der Waals surface area (Å²) in [6, 6.07) is 2.36. The van der Waals surface area contributed by atoms with Crippen molar-refractivity contribution in [3.8, 4) is 6.07 Å². The highest BCUT2D eigenvalue weighted by atomic mass is 15.2. The maximum atomic E-state index is 8.87. The second kappa shape index (κ2) is 5.00. The van der Waals surface area contributed by atoms with Gasteiger partial charge in [0.1, 0.15) is 6.04 Å². The summed E-state index contributed by atoms with van der Waals surface area (Å²) in [5.41, 5.74) is 1.32. The van der Waals surface area contributed by atoms with Gasteiger partial charge in [-0.3, -0.25) is 4.90 Å². The normalized spacial score (nSPS) is 23.6. The summed E-state index contributed by atoms with van der Waals surface area (Å²) in [5, 5.41) is 12.1. The van der Waals surface area contributed by atoms with Crippen LogP contribution in [0.2, 0.25) is 0 Å². The van der Waals surface area contributed by atoms with Crippen LogP contribution in [0.25, 0.3) is 0 Å². The lowest BCUT2D eigenvalue weighted by atomic mass is 10.2. The highest BCUT2D eigenvalue weighted by molar-refractivity contribution is 5.01. The third-order valence-electron chi connectivity index (χ3n) is 2.24. The molecule has 0 bridgehead atoms. The van der Waals surface area contributed by atoms with Gasteiger partial charge in [0.25, 0.3) is 0 Å². The number of piperazine rings is 1. The van der Waals surface area contributed by atoms with Gasteiger partial charge in [-0.25, -0.2) is 0 Å². The van der Waals surface area contributed by atoms with Crippen molar-refractivity contribution in [1.82, 2.24) is 10.2 Å². The van der Waals surface area contributed by atoms with E-state index >= 15 is 0 Å². The van der Waals surface area contributed by atoms with E-state index in [1.807, 2.05) is 0 Å². The number of allylic oxidation sites excluding steroid dienone is 1. The van der Waals surface area contributed by atoms with Gasteiger partial charge in [0.05, 0.1) is 6.07 Å². The Morgan fingerprint density at radius 2 is 2.46 bits per heavy atom. The molecule has 0 aliphatic carbocycles. The minimum atomic E-state index is 0.0457. The van der Waals surface area contributed by atoms with Crippen molar-refractivity contribution in [2.75, 3.05) is 26.2 Å². The molecule has 0 amide bonds. The molecule has 13 heavy (non-hydrogen) atoms. The third kappa shape index (κ3) is 3.17. The predicted molar refractivity (Wildman–Crippen MR) is 53.3 cm³/mol. The van der Waals surface area contributed by atoms with E-state index in [-0.39, 0.29) is 6.04 Å². The Balaban J connectivity index is 2.46. The van der Waals surface area contributed by atoms with Gasteiger partial charge in [0.2, 0.25) is 0 Å². The number of nitrogens with zero attached hydrogens (tertiary/aromatic N) is 2. The van der Waals surface area contributed by atoms with Crippen molar-refractivity contribution in [3.63, 3.8) is 0 Å². The molecule has 1 heterocycles. The zero-order valence-corrected chi connectivity index (χ0v) is 8.38. The van der Waals surface area contributed by atoms with Crippen molar-refractivity contribution in [2.45, 2.75) is 19.9 Å². The smallest absolute Gasteiger partial charge is 0.111 e. The van der Waals surface area contributed by atoms with Crippen LogP contribution in [0.1, 0.15) is 13.8 Å². The van der Waals surface area contributed by atoms with Crippen molar-refractivity contribution >= 4 is 0 Å². The highest BCUT2D eigenvalue weighted by Gasteiger charge is 2.19. The van der Waals surface area contributed by atoms with E-state index in [2.05, 4.69) is 36.2 Å². The van der Waals surface area contributed by atoms with Crippen molar-refractivity contribution in [1.29, 1.82) is 5.26 Å². The fourth-order valence-electron chi connectivity index (χ4n) is 1.39. The van der Waals surface area contributed by atoms with E-state index in [0.717, 1.165) is 26.2 Å². The summed E-state index contributed by atoms with van der Waals surface area (Å²) in [7, 11) is 0. The van der Waals surface area contributed by atoms with Gasteiger partial charge in [-0.05, 0) is 13.8 Å². The number of hydrogen-bond acceptors (Lipinski definition) is 3. The second-order valence-corrected chi connectivity index (χ2v) is 3.63. The van der Waals surface area contributed by atoms with Gasteiger partial charge in [-0.15, -0.1) is 0 Å². The minimum absolute atomic E-state index is 0.0457. The maximum absolute atomic E-state index is 8.87.